The minimum absolute atomic E-state index is 0.117. The number of amides is 1. The summed E-state index contributed by atoms with van der Waals surface area (Å²) in [5, 5.41) is 0. The second-order valence-corrected chi connectivity index (χ2v) is 9.23. The summed E-state index contributed by atoms with van der Waals surface area (Å²) in [6.45, 7) is 13.5. The molecule has 2 saturated heterocycles. The number of carbonyl (C=O) groups is 1. The van der Waals surface area contributed by atoms with Crippen LogP contribution in [0.3, 0.4) is 0 Å². The van der Waals surface area contributed by atoms with Gasteiger partial charge in [-0.25, -0.2) is 4.98 Å². The lowest BCUT2D eigenvalue weighted by molar-refractivity contribution is -0.131. The van der Waals surface area contributed by atoms with E-state index in [1.807, 2.05) is 11.8 Å². The van der Waals surface area contributed by atoms with Gasteiger partial charge >= 0.3 is 0 Å². The Morgan fingerprint density at radius 3 is 2.36 bits per heavy atom. The Labute approximate surface area is 196 Å². The zero-order valence-electron chi connectivity index (χ0n) is 20.1. The van der Waals surface area contributed by atoms with E-state index in [4.69, 9.17) is 4.98 Å². The van der Waals surface area contributed by atoms with Gasteiger partial charge in [0.1, 0.15) is 0 Å². The number of aromatic amines is 1. The smallest absolute Gasteiger partial charge is 0.252 e. The summed E-state index contributed by atoms with van der Waals surface area (Å²) in [5.41, 5.74) is 4.61. The average Bonchev–Trinajstić information content (AvgIpc) is 2.81. The van der Waals surface area contributed by atoms with E-state index in [1.165, 1.54) is 16.8 Å². The fraction of sp³-hybridized carbons (Fsp3) is 0.560. The molecule has 3 heterocycles. The van der Waals surface area contributed by atoms with Crippen LogP contribution in [0, 0.1) is 13.8 Å². The molecule has 2 aromatic rings. The topological polar surface area (TPSA) is 75.8 Å². The number of hydrogen-bond donors (Lipinski definition) is 1. The first-order chi connectivity index (χ1) is 15.9. The number of benzene rings is 1. The van der Waals surface area contributed by atoms with Gasteiger partial charge in [-0.05, 0) is 37.5 Å². The first-order valence-electron chi connectivity index (χ1n) is 12.1. The number of nitrogens with zero attached hydrogens (tertiary/aromatic N) is 5. The third kappa shape index (κ3) is 5.74. The maximum atomic E-state index is 12.3. The number of rotatable bonds is 6. The van der Waals surface area contributed by atoms with E-state index < -0.39 is 0 Å². The highest BCUT2D eigenvalue weighted by atomic mass is 16.2. The molecule has 2 aliphatic heterocycles. The maximum Gasteiger partial charge on any atom is 0.252 e. The Morgan fingerprint density at radius 2 is 1.67 bits per heavy atom. The number of hydrogen-bond acceptors (Lipinski definition) is 6. The van der Waals surface area contributed by atoms with E-state index in [-0.39, 0.29) is 11.5 Å². The molecule has 1 aromatic carbocycles. The van der Waals surface area contributed by atoms with Crippen LogP contribution in [0.15, 0.2) is 29.1 Å². The van der Waals surface area contributed by atoms with E-state index in [1.54, 1.807) is 6.07 Å². The van der Waals surface area contributed by atoms with Gasteiger partial charge in [0.15, 0.2) is 0 Å². The Hall–Kier alpha value is -2.87. The summed E-state index contributed by atoms with van der Waals surface area (Å²) >= 11 is 0. The van der Waals surface area contributed by atoms with Gasteiger partial charge in [-0.3, -0.25) is 19.5 Å². The van der Waals surface area contributed by atoms with E-state index in [0.717, 1.165) is 38.3 Å². The molecule has 0 atom stereocenters. The summed E-state index contributed by atoms with van der Waals surface area (Å²) in [5.74, 6) is 0.835. The number of anilines is 2. The summed E-state index contributed by atoms with van der Waals surface area (Å²) in [6, 6.07) is 8.24. The molecule has 0 saturated carbocycles. The van der Waals surface area contributed by atoms with Gasteiger partial charge in [0, 0.05) is 77.1 Å². The van der Waals surface area contributed by atoms with Crippen molar-refractivity contribution in [1.29, 1.82) is 0 Å². The molecule has 8 nitrogen and oxygen atoms in total. The van der Waals surface area contributed by atoms with Gasteiger partial charge in [0.2, 0.25) is 11.9 Å². The van der Waals surface area contributed by atoms with Crippen molar-refractivity contribution in [3.8, 4) is 0 Å². The van der Waals surface area contributed by atoms with Crippen molar-refractivity contribution in [2.45, 2.75) is 40.2 Å². The monoisotopic (exact) mass is 452 g/mol. The molecule has 1 aromatic heterocycles. The molecule has 2 aliphatic rings. The van der Waals surface area contributed by atoms with Crippen LogP contribution in [0.4, 0.5) is 11.6 Å². The second-order valence-electron chi connectivity index (χ2n) is 9.23. The molecule has 2 fully saturated rings. The highest BCUT2D eigenvalue weighted by Crippen LogP contribution is 2.23. The van der Waals surface area contributed by atoms with Gasteiger partial charge in [-0.2, -0.15) is 0 Å². The van der Waals surface area contributed by atoms with E-state index in [2.05, 4.69) is 51.7 Å². The van der Waals surface area contributed by atoms with Crippen LogP contribution in [0.5, 0.6) is 0 Å². The van der Waals surface area contributed by atoms with E-state index >= 15 is 0 Å². The number of H-pyrrole nitrogens is 1. The Balaban J connectivity index is 1.35. The van der Waals surface area contributed by atoms with Crippen LogP contribution < -0.4 is 15.4 Å². The predicted octanol–water partition coefficient (Wildman–Crippen LogP) is 2.16. The summed E-state index contributed by atoms with van der Waals surface area (Å²) < 4.78 is 0. The molecule has 1 N–H and O–H groups in total. The van der Waals surface area contributed by atoms with Crippen molar-refractivity contribution in [3.63, 3.8) is 0 Å². The van der Waals surface area contributed by atoms with Crippen LogP contribution in [0.2, 0.25) is 0 Å². The summed E-state index contributed by atoms with van der Waals surface area (Å²) in [7, 11) is 0. The maximum absolute atomic E-state index is 12.3. The van der Waals surface area contributed by atoms with Crippen molar-refractivity contribution in [3.05, 3.63) is 51.4 Å². The van der Waals surface area contributed by atoms with Gasteiger partial charge < -0.3 is 14.7 Å². The van der Waals surface area contributed by atoms with Gasteiger partial charge in [-0.15, -0.1) is 0 Å². The molecule has 33 heavy (non-hydrogen) atoms. The molecule has 178 valence electrons. The first kappa shape index (κ1) is 23.3. The second kappa shape index (κ2) is 10.4. The van der Waals surface area contributed by atoms with Crippen molar-refractivity contribution < 1.29 is 4.79 Å². The first-order valence-corrected chi connectivity index (χ1v) is 12.1. The highest BCUT2D eigenvalue weighted by molar-refractivity contribution is 5.76. The van der Waals surface area contributed by atoms with Gasteiger partial charge in [0.25, 0.3) is 5.56 Å². The lowest BCUT2D eigenvalue weighted by Gasteiger charge is -2.37. The minimum Gasteiger partial charge on any atom is -0.369 e. The Kier molecular flexibility index (Phi) is 7.33. The standard InChI is InChI=1S/C25H36N6O2/c1-4-5-24(33)30-12-14-31(15-13-30)25-26-21(17-23(32)27-25)18-28-8-10-29(11-9-28)22-16-19(2)6-7-20(22)3/h6-7,16-17H,4-5,8-15,18H2,1-3H3,(H,26,27,32). The normalized spacial score (nSPS) is 17.5. The fourth-order valence-corrected chi connectivity index (χ4v) is 4.70. The molecule has 1 amide bonds. The van der Waals surface area contributed by atoms with Crippen molar-refractivity contribution in [2.75, 3.05) is 62.2 Å². The van der Waals surface area contributed by atoms with Crippen LogP contribution >= 0.6 is 0 Å². The van der Waals surface area contributed by atoms with Crippen molar-refractivity contribution in [2.24, 2.45) is 0 Å². The van der Waals surface area contributed by atoms with Crippen LogP contribution in [-0.4, -0.2) is 78.0 Å². The van der Waals surface area contributed by atoms with Gasteiger partial charge in [-0.1, -0.05) is 19.1 Å². The quantitative estimate of drug-likeness (QED) is 0.724. The molecular formula is C25H36N6O2. The molecule has 8 heteroatoms. The van der Waals surface area contributed by atoms with Crippen LogP contribution in [0.25, 0.3) is 0 Å². The molecular weight excluding hydrogens is 416 g/mol. The Bertz CT molecular complexity index is 1020. The van der Waals surface area contributed by atoms with Gasteiger partial charge in [0.05, 0.1) is 5.69 Å². The van der Waals surface area contributed by atoms with E-state index in [9.17, 15) is 9.59 Å². The van der Waals surface area contributed by atoms with Crippen molar-refractivity contribution in [1.82, 2.24) is 19.8 Å². The molecule has 0 bridgehead atoms. The lowest BCUT2D eigenvalue weighted by atomic mass is 10.1. The number of aromatic nitrogens is 2. The van der Waals surface area contributed by atoms with E-state index in [0.29, 0.717) is 45.1 Å². The zero-order chi connectivity index (χ0) is 23.4. The summed E-state index contributed by atoms with van der Waals surface area (Å²) in [4.78, 5) is 41.0. The highest BCUT2D eigenvalue weighted by Gasteiger charge is 2.23. The number of piperazine rings is 2. The van der Waals surface area contributed by atoms with Crippen LogP contribution in [0.1, 0.15) is 36.6 Å². The third-order valence-electron chi connectivity index (χ3n) is 6.64. The van der Waals surface area contributed by atoms with Crippen LogP contribution in [-0.2, 0) is 11.3 Å². The summed E-state index contributed by atoms with van der Waals surface area (Å²) in [6.07, 6.45) is 1.47. The largest absolute Gasteiger partial charge is 0.369 e. The third-order valence-corrected chi connectivity index (χ3v) is 6.64. The average molecular weight is 453 g/mol. The molecule has 0 radical (unpaired) electrons. The number of carbonyl (C=O) groups excluding carboxylic acids is 1. The van der Waals surface area contributed by atoms with Crippen molar-refractivity contribution >= 4 is 17.5 Å². The predicted molar refractivity (Wildman–Crippen MR) is 132 cm³/mol. The molecule has 4 rings (SSSR count). The fourth-order valence-electron chi connectivity index (χ4n) is 4.70. The minimum atomic E-state index is -0.117. The molecule has 0 unspecified atom stereocenters. The number of nitrogens with one attached hydrogen (secondary N) is 1. The molecule has 0 spiro atoms. The SMILES string of the molecule is CCCC(=O)N1CCN(c2nc(CN3CCN(c4cc(C)ccc4C)CC3)cc(=O)[nH]2)CC1. The zero-order valence-corrected chi connectivity index (χ0v) is 20.1. The molecule has 0 aliphatic carbocycles. The number of aryl methyl sites for hydroxylation is 2. The lowest BCUT2D eigenvalue weighted by Crippen LogP contribution is -2.49. The Morgan fingerprint density at radius 1 is 0.970 bits per heavy atom.